The summed E-state index contributed by atoms with van der Waals surface area (Å²) in [7, 11) is 1.76. The summed E-state index contributed by atoms with van der Waals surface area (Å²) >= 11 is 0. The van der Waals surface area contributed by atoms with E-state index in [9.17, 15) is 14.0 Å². The molecule has 0 aliphatic carbocycles. The van der Waals surface area contributed by atoms with Crippen molar-refractivity contribution in [2.75, 3.05) is 26.3 Å². The van der Waals surface area contributed by atoms with E-state index in [1.807, 2.05) is 6.92 Å². The lowest BCUT2D eigenvalue weighted by Crippen LogP contribution is -2.58. The summed E-state index contributed by atoms with van der Waals surface area (Å²) < 4.78 is 26.2. The highest BCUT2D eigenvalue weighted by atomic mass is 19.1. The summed E-state index contributed by atoms with van der Waals surface area (Å²) in [6.07, 6.45) is -0.112. The average molecular weight is 390 g/mol. The average Bonchev–Trinajstić information content (AvgIpc) is 2.99. The van der Waals surface area contributed by atoms with Gasteiger partial charge in [-0.1, -0.05) is 0 Å². The van der Waals surface area contributed by atoms with Gasteiger partial charge in [-0.05, 0) is 37.3 Å². The van der Waals surface area contributed by atoms with Crippen LogP contribution in [0.5, 0.6) is 5.75 Å². The van der Waals surface area contributed by atoms with E-state index in [1.54, 1.807) is 22.7 Å². The van der Waals surface area contributed by atoms with Crippen molar-refractivity contribution in [3.8, 4) is 5.75 Å². The molecule has 28 heavy (non-hydrogen) atoms. The number of rotatable bonds is 6. The van der Waals surface area contributed by atoms with Crippen LogP contribution >= 0.6 is 0 Å². The number of aromatic nitrogens is 2. The molecule has 1 aliphatic rings. The number of carbonyl (C=O) groups is 2. The Morgan fingerprint density at radius 3 is 2.68 bits per heavy atom. The largest absolute Gasteiger partial charge is 0.490 e. The Kier molecular flexibility index (Phi) is 5.64. The first-order valence-corrected chi connectivity index (χ1v) is 8.88. The van der Waals surface area contributed by atoms with Crippen molar-refractivity contribution in [3.63, 3.8) is 0 Å². The number of nitrogens with zero attached hydrogens (tertiary/aromatic N) is 3. The first-order valence-electron chi connectivity index (χ1n) is 8.88. The molecule has 0 radical (unpaired) electrons. The van der Waals surface area contributed by atoms with Gasteiger partial charge in [0.05, 0.1) is 19.6 Å². The van der Waals surface area contributed by atoms with E-state index in [2.05, 4.69) is 5.10 Å². The van der Waals surface area contributed by atoms with Gasteiger partial charge in [-0.15, -0.1) is 0 Å². The van der Waals surface area contributed by atoms with E-state index in [1.165, 1.54) is 24.3 Å². The van der Waals surface area contributed by atoms with Crippen LogP contribution in [0.25, 0.3) is 0 Å². The van der Waals surface area contributed by atoms with E-state index in [0.717, 1.165) is 5.69 Å². The molecule has 2 aromatic rings. The maximum absolute atomic E-state index is 13.1. The molecule has 1 atom stereocenters. The number of primary amides is 1. The number of hydrogen-bond acceptors (Lipinski definition) is 5. The molecule has 9 heteroatoms. The molecule has 1 fully saturated rings. The van der Waals surface area contributed by atoms with Crippen LogP contribution < -0.4 is 10.5 Å². The lowest BCUT2D eigenvalue weighted by molar-refractivity contribution is -0.142. The predicted octanol–water partition coefficient (Wildman–Crippen LogP) is 1.03. The first kappa shape index (κ1) is 19.8. The van der Waals surface area contributed by atoms with Crippen LogP contribution in [0, 0.1) is 12.7 Å². The van der Waals surface area contributed by atoms with Gasteiger partial charge < -0.3 is 20.1 Å². The number of ether oxygens (including phenoxy) is 2. The minimum Gasteiger partial charge on any atom is -0.490 e. The SMILES string of the molecule is Cc1cc(C(=O)N2CCO[C@](COc3ccc(F)cc3)(CC(N)=O)C2)nn1C. The zero-order valence-electron chi connectivity index (χ0n) is 15.9. The van der Waals surface area contributed by atoms with E-state index < -0.39 is 11.5 Å². The molecule has 1 aliphatic heterocycles. The van der Waals surface area contributed by atoms with Crippen LogP contribution in [-0.2, 0) is 16.6 Å². The van der Waals surface area contributed by atoms with Gasteiger partial charge in [0.1, 0.15) is 23.8 Å². The third-order valence-electron chi connectivity index (χ3n) is 4.68. The fourth-order valence-electron chi connectivity index (χ4n) is 3.15. The summed E-state index contributed by atoms with van der Waals surface area (Å²) in [6, 6.07) is 7.22. The molecule has 1 saturated heterocycles. The Morgan fingerprint density at radius 1 is 1.36 bits per heavy atom. The van der Waals surface area contributed by atoms with Gasteiger partial charge >= 0.3 is 0 Å². The molecule has 1 aromatic heterocycles. The molecule has 0 spiro atoms. The molecule has 8 nitrogen and oxygen atoms in total. The maximum Gasteiger partial charge on any atom is 0.274 e. The van der Waals surface area contributed by atoms with Crippen LogP contribution in [0.2, 0.25) is 0 Å². The highest BCUT2D eigenvalue weighted by Crippen LogP contribution is 2.25. The van der Waals surface area contributed by atoms with Crippen LogP contribution in [0.15, 0.2) is 30.3 Å². The first-order chi connectivity index (χ1) is 13.3. The minimum absolute atomic E-state index is 0.00734. The van der Waals surface area contributed by atoms with Crippen LogP contribution in [0.4, 0.5) is 4.39 Å². The van der Waals surface area contributed by atoms with Gasteiger partial charge in [0.25, 0.3) is 5.91 Å². The maximum atomic E-state index is 13.1. The monoisotopic (exact) mass is 390 g/mol. The second kappa shape index (κ2) is 7.97. The Bertz CT molecular complexity index is 848. The van der Waals surface area contributed by atoms with Crippen LogP contribution in [-0.4, -0.2) is 58.4 Å². The van der Waals surface area contributed by atoms with Gasteiger partial charge in [-0.25, -0.2) is 4.39 Å². The van der Waals surface area contributed by atoms with Crippen molar-refractivity contribution in [1.29, 1.82) is 0 Å². The Labute approximate surface area is 162 Å². The van der Waals surface area contributed by atoms with Crippen LogP contribution in [0.1, 0.15) is 22.6 Å². The van der Waals surface area contributed by atoms with Crippen molar-refractivity contribution in [2.45, 2.75) is 18.9 Å². The topological polar surface area (TPSA) is 99.7 Å². The second-order valence-corrected chi connectivity index (χ2v) is 6.94. The van der Waals surface area contributed by atoms with Crippen molar-refractivity contribution in [1.82, 2.24) is 14.7 Å². The van der Waals surface area contributed by atoms with Gasteiger partial charge in [0.2, 0.25) is 5.91 Å². The number of hydrogen-bond donors (Lipinski definition) is 1. The van der Waals surface area contributed by atoms with Gasteiger partial charge in [-0.3, -0.25) is 14.3 Å². The molecule has 2 heterocycles. The minimum atomic E-state index is -1.09. The third-order valence-corrected chi connectivity index (χ3v) is 4.68. The third kappa shape index (κ3) is 4.48. The number of aryl methyl sites for hydroxylation is 2. The van der Waals surface area contributed by atoms with Crippen molar-refractivity contribution in [3.05, 3.63) is 47.5 Å². The Morgan fingerprint density at radius 2 is 2.07 bits per heavy atom. The summed E-state index contributed by atoms with van der Waals surface area (Å²) in [5.74, 6) is -0.762. The van der Waals surface area contributed by atoms with E-state index in [0.29, 0.717) is 18.0 Å². The lowest BCUT2D eigenvalue weighted by atomic mass is 9.97. The fourth-order valence-corrected chi connectivity index (χ4v) is 3.15. The van der Waals surface area contributed by atoms with E-state index in [4.69, 9.17) is 15.2 Å². The summed E-state index contributed by atoms with van der Waals surface area (Å²) in [5.41, 5.74) is 5.51. The second-order valence-electron chi connectivity index (χ2n) is 6.94. The van der Waals surface area contributed by atoms with Gasteiger partial charge in [0, 0.05) is 19.3 Å². The number of benzene rings is 1. The standard InChI is InChI=1S/C19H23FN4O4/c1-13-9-16(22-23(13)2)18(26)24-7-8-28-19(11-24,10-17(21)25)12-27-15-5-3-14(20)4-6-15/h3-6,9H,7-8,10-12H2,1-2H3,(H2,21,25)/t19-/m1/s1. The molecule has 0 bridgehead atoms. The summed E-state index contributed by atoms with van der Waals surface area (Å²) in [5, 5.41) is 4.22. The summed E-state index contributed by atoms with van der Waals surface area (Å²) in [6.45, 7) is 2.58. The number of carbonyl (C=O) groups excluding carboxylic acids is 2. The molecular formula is C19H23FN4O4. The number of halogens is 1. The van der Waals surface area contributed by atoms with Gasteiger partial charge in [0.15, 0.2) is 5.69 Å². The number of morpholine rings is 1. The van der Waals surface area contributed by atoms with Crippen molar-refractivity contribution >= 4 is 11.8 Å². The normalized spacial score (nSPS) is 19.5. The molecule has 0 unspecified atom stereocenters. The molecule has 3 rings (SSSR count). The molecule has 2 amide bonds. The van der Waals surface area contributed by atoms with Gasteiger partial charge in [-0.2, -0.15) is 5.10 Å². The number of amides is 2. The summed E-state index contributed by atoms with van der Waals surface area (Å²) in [4.78, 5) is 26.1. The molecular weight excluding hydrogens is 367 g/mol. The molecule has 1 aromatic carbocycles. The quantitative estimate of drug-likeness (QED) is 0.794. The zero-order chi connectivity index (χ0) is 20.3. The molecule has 2 N–H and O–H groups in total. The van der Waals surface area contributed by atoms with E-state index in [-0.39, 0.29) is 37.9 Å². The van der Waals surface area contributed by atoms with E-state index >= 15 is 0 Å². The Balaban J connectivity index is 1.76. The van der Waals surface area contributed by atoms with Crippen LogP contribution in [0.3, 0.4) is 0 Å². The highest BCUT2D eigenvalue weighted by Gasteiger charge is 2.41. The van der Waals surface area contributed by atoms with Crippen molar-refractivity contribution in [2.24, 2.45) is 12.8 Å². The lowest BCUT2D eigenvalue weighted by Gasteiger charge is -2.41. The zero-order valence-corrected chi connectivity index (χ0v) is 15.9. The van der Waals surface area contributed by atoms with Crippen molar-refractivity contribution < 1.29 is 23.5 Å². The predicted molar refractivity (Wildman–Crippen MR) is 98.2 cm³/mol. The fraction of sp³-hybridized carbons (Fsp3) is 0.421. The highest BCUT2D eigenvalue weighted by molar-refractivity contribution is 5.92. The Hall–Kier alpha value is -2.94. The molecule has 0 saturated carbocycles. The number of nitrogens with two attached hydrogens (primary N) is 1. The molecule has 150 valence electrons. The smallest absolute Gasteiger partial charge is 0.274 e.